The van der Waals surface area contributed by atoms with Gasteiger partial charge >= 0.3 is 0 Å². The zero-order valence-corrected chi connectivity index (χ0v) is 9.93. The molecule has 0 amide bonds. The van der Waals surface area contributed by atoms with E-state index in [1.54, 1.807) is 0 Å². The van der Waals surface area contributed by atoms with Gasteiger partial charge in [-0.15, -0.1) is 0 Å². The number of benzene rings is 1. The molecule has 0 radical (unpaired) electrons. The highest BCUT2D eigenvalue weighted by Gasteiger charge is 2.31. The van der Waals surface area contributed by atoms with Gasteiger partial charge in [0.05, 0.1) is 5.25 Å². The van der Waals surface area contributed by atoms with Crippen molar-refractivity contribution in [2.45, 2.75) is 23.0 Å². The van der Waals surface area contributed by atoms with Crippen LogP contribution in [0.2, 0.25) is 0 Å². The van der Waals surface area contributed by atoms with Crippen LogP contribution in [-0.4, -0.2) is 26.8 Å². The number of hydrogen-bond acceptors (Lipinski definition) is 3. The smallest absolute Gasteiger partial charge is 0.184 e. The van der Waals surface area contributed by atoms with E-state index in [-0.39, 0.29) is 0 Å². The molecule has 17 heavy (non-hydrogen) atoms. The Balaban J connectivity index is 2.37. The van der Waals surface area contributed by atoms with Crippen molar-refractivity contribution >= 4 is 9.84 Å². The van der Waals surface area contributed by atoms with Gasteiger partial charge < -0.3 is 5.32 Å². The highest BCUT2D eigenvalue weighted by atomic mass is 32.2. The van der Waals surface area contributed by atoms with Crippen LogP contribution in [0.5, 0.6) is 0 Å². The molecule has 0 spiro atoms. The quantitative estimate of drug-likeness (QED) is 0.820. The number of piperidine rings is 1. The molecule has 0 aliphatic carbocycles. The minimum atomic E-state index is -3.69. The Morgan fingerprint density at radius 2 is 1.82 bits per heavy atom. The van der Waals surface area contributed by atoms with E-state index in [2.05, 4.69) is 5.32 Å². The predicted octanol–water partition coefficient (Wildman–Crippen LogP) is 1.49. The lowest BCUT2D eigenvalue weighted by molar-refractivity contribution is 0.490. The number of nitrogens with one attached hydrogen (secondary N) is 1. The molecule has 0 unspecified atom stereocenters. The van der Waals surface area contributed by atoms with Gasteiger partial charge in [0.1, 0.15) is 16.5 Å². The maximum absolute atomic E-state index is 13.5. The molecule has 1 heterocycles. The lowest BCUT2D eigenvalue weighted by Gasteiger charge is -2.22. The maximum Gasteiger partial charge on any atom is 0.184 e. The number of sulfone groups is 1. The van der Waals surface area contributed by atoms with Crippen LogP contribution in [0.4, 0.5) is 8.78 Å². The van der Waals surface area contributed by atoms with E-state index in [1.165, 1.54) is 0 Å². The molecular formula is C11H13F2NO2S. The Hall–Kier alpha value is -1.01. The topological polar surface area (TPSA) is 46.2 Å². The molecule has 0 aromatic heterocycles. The van der Waals surface area contributed by atoms with E-state index in [9.17, 15) is 17.2 Å². The molecule has 1 aromatic rings. The van der Waals surface area contributed by atoms with Crippen molar-refractivity contribution in [2.75, 3.05) is 13.1 Å². The highest BCUT2D eigenvalue weighted by Crippen LogP contribution is 2.24. The van der Waals surface area contributed by atoms with Crippen LogP contribution in [0.25, 0.3) is 0 Å². The summed E-state index contributed by atoms with van der Waals surface area (Å²) in [6.45, 7) is 1.21. The van der Waals surface area contributed by atoms with Gasteiger partial charge in [0.25, 0.3) is 0 Å². The van der Waals surface area contributed by atoms with E-state index in [4.69, 9.17) is 0 Å². The summed E-state index contributed by atoms with van der Waals surface area (Å²) in [5, 5.41) is 2.46. The molecule has 94 valence electrons. The summed E-state index contributed by atoms with van der Waals surface area (Å²) in [5.74, 6) is -1.78. The molecule has 1 aliphatic heterocycles. The average Bonchev–Trinajstić information content (AvgIpc) is 2.29. The second-order valence-corrected chi connectivity index (χ2v) is 6.27. The summed E-state index contributed by atoms with van der Waals surface area (Å²) in [5.41, 5.74) is 0. The molecule has 1 aliphatic rings. The zero-order chi connectivity index (χ0) is 12.5. The van der Waals surface area contributed by atoms with Gasteiger partial charge in [-0.2, -0.15) is 0 Å². The molecule has 2 rings (SSSR count). The first-order chi connectivity index (χ1) is 8.01. The zero-order valence-electron chi connectivity index (χ0n) is 9.12. The van der Waals surface area contributed by atoms with Crippen molar-refractivity contribution in [3.05, 3.63) is 29.8 Å². The molecule has 3 nitrogen and oxygen atoms in total. The normalized spacial score (nSPS) is 18.2. The van der Waals surface area contributed by atoms with Gasteiger partial charge in [0.15, 0.2) is 9.84 Å². The molecule has 1 saturated heterocycles. The molecule has 0 saturated carbocycles. The third-order valence-corrected chi connectivity index (χ3v) is 5.22. The molecule has 1 fully saturated rings. The Bertz CT molecular complexity index is 510. The first kappa shape index (κ1) is 12.4. The Kier molecular flexibility index (Phi) is 3.44. The van der Waals surface area contributed by atoms with Gasteiger partial charge in [-0.3, -0.25) is 0 Å². The van der Waals surface area contributed by atoms with E-state index < -0.39 is 31.6 Å². The second kappa shape index (κ2) is 4.70. The van der Waals surface area contributed by atoms with Crippen molar-refractivity contribution in [3.8, 4) is 0 Å². The van der Waals surface area contributed by atoms with E-state index >= 15 is 0 Å². The maximum atomic E-state index is 13.5. The van der Waals surface area contributed by atoms with Crippen LogP contribution in [0, 0.1) is 11.6 Å². The summed E-state index contributed by atoms with van der Waals surface area (Å²) in [6.07, 6.45) is 0.915. The second-order valence-electron chi connectivity index (χ2n) is 4.07. The fraction of sp³-hybridized carbons (Fsp3) is 0.455. The van der Waals surface area contributed by atoms with E-state index in [0.717, 1.165) is 12.1 Å². The lowest BCUT2D eigenvalue weighted by Crippen LogP contribution is -2.36. The number of hydrogen-bond donors (Lipinski definition) is 1. The minimum absolute atomic E-state index is 0.397. The van der Waals surface area contributed by atoms with Crippen LogP contribution in [0.3, 0.4) is 0 Å². The molecular weight excluding hydrogens is 248 g/mol. The van der Waals surface area contributed by atoms with Crippen LogP contribution in [-0.2, 0) is 9.84 Å². The largest absolute Gasteiger partial charge is 0.317 e. The van der Waals surface area contributed by atoms with E-state index in [0.29, 0.717) is 32.0 Å². The number of halogens is 2. The molecule has 1 aromatic carbocycles. The van der Waals surface area contributed by atoms with Crippen LogP contribution < -0.4 is 5.32 Å². The summed E-state index contributed by atoms with van der Waals surface area (Å²) >= 11 is 0. The Morgan fingerprint density at radius 1 is 1.18 bits per heavy atom. The fourth-order valence-electron chi connectivity index (χ4n) is 1.99. The average molecular weight is 261 g/mol. The SMILES string of the molecule is O=S(=O)(c1ccc(F)cc1F)C1CCNCC1. The first-order valence-corrected chi connectivity index (χ1v) is 6.96. The van der Waals surface area contributed by atoms with Gasteiger partial charge in [0.2, 0.25) is 0 Å². The van der Waals surface area contributed by atoms with Gasteiger partial charge in [-0.25, -0.2) is 17.2 Å². The van der Waals surface area contributed by atoms with Gasteiger partial charge in [-0.05, 0) is 38.1 Å². The first-order valence-electron chi connectivity index (χ1n) is 5.41. The fourth-order valence-corrected chi connectivity index (χ4v) is 3.80. The van der Waals surface area contributed by atoms with Crippen molar-refractivity contribution in [1.82, 2.24) is 5.32 Å². The van der Waals surface area contributed by atoms with Gasteiger partial charge in [0, 0.05) is 6.07 Å². The molecule has 0 atom stereocenters. The Morgan fingerprint density at radius 3 is 2.41 bits per heavy atom. The summed E-state index contributed by atoms with van der Waals surface area (Å²) in [6, 6.07) is 2.58. The third-order valence-electron chi connectivity index (χ3n) is 2.93. The van der Waals surface area contributed by atoms with Crippen LogP contribution >= 0.6 is 0 Å². The van der Waals surface area contributed by atoms with Crippen molar-refractivity contribution in [1.29, 1.82) is 0 Å². The molecule has 1 N–H and O–H groups in total. The third kappa shape index (κ3) is 2.47. The van der Waals surface area contributed by atoms with Crippen molar-refractivity contribution < 1.29 is 17.2 Å². The predicted molar refractivity (Wildman–Crippen MR) is 59.4 cm³/mol. The van der Waals surface area contributed by atoms with Crippen LogP contribution in [0.1, 0.15) is 12.8 Å². The minimum Gasteiger partial charge on any atom is -0.317 e. The Labute approximate surface area is 98.8 Å². The van der Waals surface area contributed by atoms with E-state index in [1.807, 2.05) is 0 Å². The molecule has 0 bridgehead atoms. The monoisotopic (exact) mass is 261 g/mol. The van der Waals surface area contributed by atoms with Gasteiger partial charge in [-0.1, -0.05) is 0 Å². The summed E-state index contributed by atoms with van der Waals surface area (Å²) < 4.78 is 50.5. The number of rotatable bonds is 2. The molecule has 6 heteroatoms. The van der Waals surface area contributed by atoms with Crippen molar-refractivity contribution in [2.24, 2.45) is 0 Å². The summed E-state index contributed by atoms with van der Waals surface area (Å²) in [4.78, 5) is -0.397. The van der Waals surface area contributed by atoms with Crippen LogP contribution in [0.15, 0.2) is 23.1 Å². The standard InChI is InChI=1S/C11H13F2NO2S/c12-8-1-2-11(10(13)7-8)17(15,16)9-3-5-14-6-4-9/h1-2,7,9,14H,3-6H2. The lowest BCUT2D eigenvalue weighted by atomic mass is 10.2. The summed E-state index contributed by atoms with van der Waals surface area (Å²) in [7, 11) is -3.69. The highest BCUT2D eigenvalue weighted by molar-refractivity contribution is 7.92. The van der Waals surface area contributed by atoms with Crippen molar-refractivity contribution in [3.63, 3.8) is 0 Å².